The number of thiophene rings is 1. The van der Waals surface area contributed by atoms with Gasteiger partial charge in [-0.25, -0.2) is 8.42 Å². The van der Waals surface area contributed by atoms with Crippen LogP contribution in [0.2, 0.25) is 8.67 Å². The standard InChI is InChI=1S/C16H16Cl2N2O6S2/c1-3-19(4-2)28(24,25)10-5-6-14(12(7-10)20(22)23)26-9-13(21)11-8-15(17)27-16(11)18/h5-8H,3-4,9H2,1-2H3. The van der Waals surface area contributed by atoms with E-state index in [4.69, 9.17) is 27.9 Å². The summed E-state index contributed by atoms with van der Waals surface area (Å²) in [7, 11) is -3.88. The topological polar surface area (TPSA) is 107 Å². The third-order valence-corrected chi connectivity index (χ3v) is 7.32. The number of nitro groups is 1. The van der Waals surface area contributed by atoms with Crippen molar-refractivity contribution in [1.29, 1.82) is 0 Å². The first kappa shape index (κ1) is 22.6. The van der Waals surface area contributed by atoms with E-state index in [1.807, 2.05) is 0 Å². The second kappa shape index (κ2) is 9.19. The first-order valence-corrected chi connectivity index (χ1v) is 11.0. The Hall–Kier alpha value is -1.72. The monoisotopic (exact) mass is 466 g/mol. The predicted molar refractivity (Wildman–Crippen MR) is 107 cm³/mol. The highest BCUT2D eigenvalue weighted by atomic mass is 35.5. The SMILES string of the molecule is CCN(CC)S(=O)(=O)c1ccc(OCC(=O)c2cc(Cl)sc2Cl)c([N+](=O)[O-])c1. The van der Waals surface area contributed by atoms with Crippen LogP contribution in [-0.2, 0) is 10.0 Å². The summed E-state index contributed by atoms with van der Waals surface area (Å²) < 4.78 is 32.1. The maximum absolute atomic E-state index is 12.6. The lowest BCUT2D eigenvalue weighted by molar-refractivity contribution is -0.386. The molecule has 0 unspecified atom stereocenters. The molecule has 0 saturated heterocycles. The molecule has 0 bridgehead atoms. The van der Waals surface area contributed by atoms with E-state index in [-0.39, 0.29) is 33.6 Å². The van der Waals surface area contributed by atoms with Gasteiger partial charge in [-0.05, 0) is 18.2 Å². The minimum absolute atomic E-state index is 0.153. The molecular formula is C16H16Cl2N2O6S2. The maximum Gasteiger partial charge on any atom is 0.312 e. The number of benzene rings is 1. The van der Waals surface area contributed by atoms with Crippen molar-refractivity contribution in [3.63, 3.8) is 0 Å². The van der Waals surface area contributed by atoms with Crippen molar-refractivity contribution in [2.75, 3.05) is 19.7 Å². The molecular weight excluding hydrogens is 451 g/mol. The van der Waals surface area contributed by atoms with E-state index in [0.29, 0.717) is 4.34 Å². The van der Waals surface area contributed by atoms with Gasteiger partial charge in [-0.2, -0.15) is 4.31 Å². The highest BCUT2D eigenvalue weighted by Crippen LogP contribution is 2.33. The van der Waals surface area contributed by atoms with Crippen molar-refractivity contribution >= 4 is 56.0 Å². The molecule has 2 rings (SSSR count). The summed E-state index contributed by atoms with van der Waals surface area (Å²) in [6.07, 6.45) is 0. The average molecular weight is 467 g/mol. The molecule has 2 aromatic rings. The number of nitro benzene ring substituents is 1. The molecule has 0 aliphatic heterocycles. The second-order valence-electron chi connectivity index (χ2n) is 5.43. The van der Waals surface area contributed by atoms with Crippen LogP contribution in [0.3, 0.4) is 0 Å². The molecule has 0 aliphatic carbocycles. The van der Waals surface area contributed by atoms with Gasteiger partial charge in [0.25, 0.3) is 0 Å². The molecule has 1 heterocycles. The van der Waals surface area contributed by atoms with Crippen LogP contribution in [-0.4, -0.2) is 43.1 Å². The molecule has 0 fully saturated rings. The van der Waals surface area contributed by atoms with Gasteiger partial charge in [-0.1, -0.05) is 37.0 Å². The molecule has 1 aromatic heterocycles. The molecule has 0 saturated carbocycles. The van der Waals surface area contributed by atoms with E-state index >= 15 is 0 Å². The highest BCUT2D eigenvalue weighted by Gasteiger charge is 2.27. The molecule has 1 aromatic carbocycles. The fourth-order valence-corrected chi connectivity index (χ4v) is 5.36. The second-order valence-corrected chi connectivity index (χ2v) is 9.65. The Balaban J connectivity index is 2.30. The van der Waals surface area contributed by atoms with Crippen LogP contribution < -0.4 is 4.74 Å². The van der Waals surface area contributed by atoms with Crippen molar-refractivity contribution in [3.05, 3.63) is 48.6 Å². The number of ketones is 1. The van der Waals surface area contributed by atoms with Gasteiger partial charge in [0.1, 0.15) is 4.34 Å². The van der Waals surface area contributed by atoms with Crippen molar-refractivity contribution < 1.29 is 22.9 Å². The number of rotatable bonds is 9. The summed E-state index contributed by atoms with van der Waals surface area (Å²) in [6, 6.07) is 4.66. The molecule has 0 atom stereocenters. The minimum atomic E-state index is -3.88. The van der Waals surface area contributed by atoms with Crippen molar-refractivity contribution in [2.45, 2.75) is 18.7 Å². The molecule has 12 heteroatoms. The predicted octanol–water partition coefficient (Wildman–Crippen LogP) is 4.26. The lowest BCUT2D eigenvalue weighted by atomic mass is 10.2. The van der Waals surface area contributed by atoms with Crippen LogP contribution in [0.15, 0.2) is 29.2 Å². The number of halogens is 2. The van der Waals surface area contributed by atoms with Gasteiger partial charge in [0, 0.05) is 19.2 Å². The fraction of sp³-hybridized carbons (Fsp3) is 0.312. The normalized spacial score (nSPS) is 11.6. The van der Waals surface area contributed by atoms with Gasteiger partial charge in [0.05, 0.1) is 19.7 Å². The zero-order chi connectivity index (χ0) is 21.1. The van der Waals surface area contributed by atoms with Crippen LogP contribution in [0.25, 0.3) is 0 Å². The number of hydrogen-bond donors (Lipinski definition) is 0. The Morgan fingerprint density at radius 3 is 2.39 bits per heavy atom. The number of carbonyl (C=O) groups excluding carboxylic acids is 1. The molecule has 0 aliphatic rings. The summed E-state index contributed by atoms with van der Waals surface area (Å²) in [6.45, 7) is 3.27. The van der Waals surface area contributed by atoms with E-state index in [1.165, 1.54) is 16.4 Å². The number of sulfonamides is 1. The van der Waals surface area contributed by atoms with Crippen LogP contribution in [0.1, 0.15) is 24.2 Å². The summed E-state index contributed by atoms with van der Waals surface area (Å²) in [5.74, 6) is -0.739. The smallest absolute Gasteiger partial charge is 0.312 e. The van der Waals surface area contributed by atoms with Crippen molar-refractivity contribution in [3.8, 4) is 5.75 Å². The van der Waals surface area contributed by atoms with Crippen LogP contribution in [0.4, 0.5) is 5.69 Å². The molecule has 8 nitrogen and oxygen atoms in total. The third-order valence-electron chi connectivity index (χ3n) is 3.79. The van der Waals surface area contributed by atoms with E-state index in [1.54, 1.807) is 13.8 Å². The van der Waals surface area contributed by atoms with Gasteiger partial charge in [-0.15, -0.1) is 11.3 Å². The molecule has 0 amide bonds. The Morgan fingerprint density at radius 1 is 1.25 bits per heavy atom. The molecule has 28 heavy (non-hydrogen) atoms. The Morgan fingerprint density at radius 2 is 1.89 bits per heavy atom. The summed E-state index contributed by atoms with van der Waals surface area (Å²) in [5, 5.41) is 11.4. The van der Waals surface area contributed by atoms with E-state index in [2.05, 4.69) is 0 Å². The third kappa shape index (κ3) is 4.81. The van der Waals surface area contributed by atoms with Crippen LogP contribution >= 0.6 is 34.5 Å². The van der Waals surface area contributed by atoms with Crippen LogP contribution in [0, 0.1) is 10.1 Å². The van der Waals surface area contributed by atoms with Crippen molar-refractivity contribution in [2.24, 2.45) is 0 Å². The Kier molecular flexibility index (Phi) is 7.40. The zero-order valence-corrected chi connectivity index (χ0v) is 18.0. The zero-order valence-electron chi connectivity index (χ0n) is 14.8. The summed E-state index contributed by atoms with van der Waals surface area (Å²) in [5.41, 5.74) is -0.407. The number of carbonyl (C=O) groups is 1. The van der Waals surface area contributed by atoms with Crippen LogP contribution in [0.5, 0.6) is 5.75 Å². The minimum Gasteiger partial charge on any atom is -0.478 e. The Labute approximate surface area is 175 Å². The fourth-order valence-electron chi connectivity index (χ4n) is 2.39. The lowest BCUT2D eigenvalue weighted by Crippen LogP contribution is -2.30. The quantitative estimate of drug-likeness (QED) is 0.310. The number of ether oxygens (including phenoxy) is 1. The van der Waals surface area contributed by atoms with Gasteiger partial charge in [0.2, 0.25) is 15.8 Å². The molecule has 0 spiro atoms. The molecule has 0 N–H and O–H groups in total. The Bertz CT molecular complexity index is 1000. The van der Waals surface area contributed by atoms with Gasteiger partial charge in [-0.3, -0.25) is 14.9 Å². The van der Waals surface area contributed by atoms with Gasteiger partial charge < -0.3 is 4.74 Å². The molecule has 0 radical (unpaired) electrons. The summed E-state index contributed by atoms with van der Waals surface area (Å²) >= 11 is 12.7. The maximum atomic E-state index is 12.6. The van der Waals surface area contributed by atoms with Crippen molar-refractivity contribution in [1.82, 2.24) is 4.31 Å². The first-order valence-electron chi connectivity index (χ1n) is 8.01. The van der Waals surface area contributed by atoms with E-state index in [9.17, 15) is 23.3 Å². The van der Waals surface area contributed by atoms with E-state index in [0.717, 1.165) is 23.5 Å². The molecule has 152 valence electrons. The highest BCUT2D eigenvalue weighted by molar-refractivity contribution is 7.89. The number of nitrogens with zero attached hydrogens (tertiary/aromatic N) is 2. The number of Topliss-reactive ketones (excluding diaryl/α,β-unsaturated/α-hetero) is 1. The van der Waals surface area contributed by atoms with Gasteiger partial charge in [0.15, 0.2) is 12.4 Å². The summed E-state index contributed by atoms with van der Waals surface area (Å²) in [4.78, 5) is 22.6. The van der Waals surface area contributed by atoms with Gasteiger partial charge >= 0.3 is 5.69 Å². The van der Waals surface area contributed by atoms with E-state index < -0.39 is 33.0 Å². The largest absolute Gasteiger partial charge is 0.478 e. The lowest BCUT2D eigenvalue weighted by Gasteiger charge is -2.18. The average Bonchev–Trinajstić information content (AvgIpc) is 2.98. The first-order chi connectivity index (χ1) is 13.1. The number of hydrogen-bond acceptors (Lipinski definition) is 7.